The first kappa shape index (κ1) is 12.3. The second kappa shape index (κ2) is 5.01. The number of hydrogen-bond donors (Lipinski definition) is 1. The van der Waals surface area contributed by atoms with Gasteiger partial charge in [-0.25, -0.2) is 4.68 Å². The van der Waals surface area contributed by atoms with E-state index < -0.39 is 0 Å². The highest BCUT2D eigenvalue weighted by molar-refractivity contribution is 6.04. The Labute approximate surface area is 104 Å². The van der Waals surface area contributed by atoms with Gasteiger partial charge in [-0.3, -0.25) is 9.48 Å². The Morgan fingerprint density at radius 1 is 1.50 bits per heavy atom. The van der Waals surface area contributed by atoms with Crippen LogP contribution in [-0.4, -0.2) is 32.6 Å². The fraction of sp³-hybridized carbons (Fsp3) is 0.364. The molecule has 0 aliphatic rings. The van der Waals surface area contributed by atoms with Crippen molar-refractivity contribution in [3.05, 3.63) is 29.8 Å². The normalized spacial score (nSPS) is 10.6. The van der Waals surface area contributed by atoms with Crippen LogP contribution in [0.4, 0.5) is 5.69 Å². The van der Waals surface area contributed by atoms with Gasteiger partial charge in [-0.05, 0) is 6.92 Å². The smallest absolute Gasteiger partial charge is 0.259 e. The van der Waals surface area contributed by atoms with Crippen LogP contribution in [0.2, 0.25) is 0 Å². The predicted molar refractivity (Wildman–Crippen MR) is 65.1 cm³/mol. The van der Waals surface area contributed by atoms with Crippen molar-refractivity contribution in [2.24, 2.45) is 7.05 Å². The lowest BCUT2D eigenvalue weighted by Crippen LogP contribution is -2.12. The summed E-state index contributed by atoms with van der Waals surface area (Å²) >= 11 is 0. The lowest BCUT2D eigenvalue weighted by atomic mass is 10.2. The van der Waals surface area contributed by atoms with Gasteiger partial charge in [0.05, 0.1) is 29.3 Å². The van der Waals surface area contributed by atoms with Crippen LogP contribution in [0.1, 0.15) is 16.1 Å². The number of anilines is 1. The number of carbonyl (C=O) groups is 1. The van der Waals surface area contributed by atoms with Gasteiger partial charge in [0, 0.05) is 20.4 Å². The molecule has 0 radical (unpaired) electrons. The highest BCUT2D eigenvalue weighted by atomic mass is 16.5. The SMILES string of the molecule is COCn1cc(NC(=O)c2cn(C)nc2C)cn1. The van der Waals surface area contributed by atoms with Crippen LogP contribution in [0.5, 0.6) is 0 Å². The van der Waals surface area contributed by atoms with Crippen molar-refractivity contribution in [2.45, 2.75) is 13.7 Å². The molecule has 18 heavy (non-hydrogen) atoms. The molecule has 0 bridgehead atoms. The van der Waals surface area contributed by atoms with Crippen LogP contribution >= 0.6 is 0 Å². The summed E-state index contributed by atoms with van der Waals surface area (Å²) < 4.78 is 8.13. The Morgan fingerprint density at radius 2 is 2.28 bits per heavy atom. The van der Waals surface area contributed by atoms with E-state index in [0.29, 0.717) is 23.7 Å². The molecule has 0 unspecified atom stereocenters. The lowest BCUT2D eigenvalue weighted by molar-refractivity contribution is 0.102. The first-order chi connectivity index (χ1) is 8.60. The van der Waals surface area contributed by atoms with Crippen molar-refractivity contribution in [2.75, 3.05) is 12.4 Å². The van der Waals surface area contributed by atoms with Gasteiger partial charge >= 0.3 is 0 Å². The molecule has 7 heteroatoms. The number of ether oxygens (including phenoxy) is 1. The average molecular weight is 249 g/mol. The zero-order chi connectivity index (χ0) is 13.1. The van der Waals surface area contributed by atoms with Crippen molar-refractivity contribution in [3.8, 4) is 0 Å². The van der Waals surface area contributed by atoms with Crippen LogP contribution in [0.25, 0.3) is 0 Å². The molecule has 2 rings (SSSR count). The molecule has 7 nitrogen and oxygen atoms in total. The minimum absolute atomic E-state index is 0.197. The van der Waals surface area contributed by atoms with Crippen LogP contribution in [-0.2, 0) is 18.5 Å². The maximum atomic E-state index is 12.0. The topological polar surface area (TPSA) is 74.0 Å². The third-order valence-electron chi connectivity index (χ3n) is 2.41. The molecular weight excluding hydrogens is 234 g/mol. The second-order valence-electron chi connectivity index (χ2n) is 3.94. The van der Waals surface area contributed by atoms with Gasteiger partial charge in [-0.1, -0.05) is 0 Å². The van der Waals surface area contributed by atoms with Crippen molar-refractivity contribution in [1.82, 2.24) is 19.6 Å². The van der Waals surface area contributed by atoms with Crippen LogP contribution in [0.15, 0.2) is 18.6 Å². The summed E-state index contributed by atoms with van der Waals surface area (Å²) in [6.45, 7) is 2.14. The van der Waals surface area contributed by atoms with E-state index in [4.69, 9.17) is 4.74 Å². The van der Waals surface area contributed by atoms with E-state index in [1.54, 1.807) is 49.0 Å². The molecule has 0 saturated heterocycles. The van der Waals surface area contributed by atoms with Gasteiger partial charge in [0.1, 0.15) is 6.73 Å². The molecule has 0 aromatic carbocycles. The van der Waals surface area contributed by atoms with Crippen LogP contribution < -0.4 is 5.32 Å². The van der Waals surface area contributed by atoms with Crippen LogP contribution in [0.3, 0.4) is 0 Å². The van der Waals surface area contributed by atoms with E-state index in [2.05, 4.69) is 15.5 Å². The maximum Gasteiger partial charge on any atom is 0.259 e. The fourth-order valence-corrected chi connectivity index (χ4v) is 1.65. The van der Waals surface area contributed by atoms with E-state index in [9.17, 15) is 4.79 Å². The summed E-state index contributed by atoms with van der Waals surface area (Å²) in [5.41, 5.74) is 1.87. The molecule has 2 heterocycles. The number of rotatable bonds is 4. The molecule has 96 valence electrons. The fourth-order valence-electron chi connectivity index (χ4n) is 1.65. The molecule has 0 aliphatic heterocycles. The molecule has 0 fully saturated rings. The van der Waals surface area contributed by atoms with Gasteiger partial charge in [0.25, 0.3) is 5.91 Å². The summed E-state index contributed by atoms with van der Waals surface area (Å²) in [4.78, 5) is 12.0. The first-order valence-electron chi connectivity index (χ1n) is 5.43. The Morgan fingerprint density at radius 3 is 2.89 bits per heavy atom. The number of aromatic nitrogens is 4. The Hall–Kier alpha value is -2.15. The van der Waals surface area contributed by atoms with E-state index in [0.717, 1.165) is 0 Å². The molecule has 0 atom stereocenters. The quantitative estimate of drug-likeness (QED) is 0.869. The molecule has 0 aliphatic carbocycles. The molecule has 1 N–H and O–H groups in total. The van der Waals surface area contributed by atoms with E-state index >= 15 is 0 Å². The Balaban J connectivity index is 2.08. The minimum Gasteiger partial charge on any atom is -0.362 e. The van der Waals surface area contributed by atoms with Crippen molar-refractivity contribution in [3.63, 3.8) is 0 Å². The number of methoxy groups -OCH3 is 1. The van der Waals surface area contributed by atoms with Gasteiger partial charge in [-0.15, -0.1) is 0 Å². The Kier molecular flexibility index (Phi) is 3.42. The first-order valence-corrected chi connectivity index (χ1v) is 5.43. The number of hydrogen-bond acceptors (Lipinski definition) is 4. The molecule has 0 saturated carbocycles. The number of carbonyl (C=O) groups excluding carboxylic acids is 1. The minimum atomic E-state index is -0.197. The zero-order valence-electron chi connectivity index (χ0n) is 10.5. The van der Waals surface area contributed by atoms with E-state index in [1.807, 2.05) is 0 Å². The van der Waals surface area contributed by atoms with E-state index in [1.165, 1.54) is 0 Å². The van der Waals surface area contributed by atoms with Crippen molar-refractivity contribution < 1.29 is 9.53 Å². The van der Waals surface area contributed by atoms with Gasteiger partial charge in [0.15, 0.2) is 0 Å². The van der Waals surface area contributed by atoms with E-state index in [-0.39, 0.29) is 5.91 Å². The summed E-state index contributed by atoms with van der Waals surface area (Å²) in [6, 6.07) is 0. The Bertz CT molecular complexity index is 558. The molecule has 2 aromatic heterocycles. The highest BCUT2D eigenvalue weighted by Gasteiger charge is 2.13. The molecule has 1 amide bonds. The lowest BCUT2D eigenvalue weighted by Gasteiger charge is -2.00. The largest absolute Gasteiger partial charge is 0.362 e. The summed E-state index contributed by atoms with van der Waals surface area (Å²) in [7, 11) is 3.36. The molecule has 0 spiro atoms. The number of aryl methyl sites for hydroxylation is 2. The van der Waals surface area contributed by atoms with Crippen molar-refractivity contribution in [1.29, 1.82) is 0 Å². The van der Waals surface area contributed by atoms with Gasteiger partial charge in [0.2, 0.25) is 0 Å². The number of nitrogens with one attached hydrogen (secondary N) is 1. The third kappa shape index (κ3) is 2.57. The van der Waals surface area contributed by atoms with Crippen molar-refractivity contribution >= 4 is 11.6 Å². The average Bonchev–Trinajstić information content (AvgIpc) is 2.86. The molecular formula is C11H15N5O2. The standard InChI is InChI=1S/C11H15N5O2/c1-8-10(6-15(2)14-8)11(17)13-9-4-12-16(5-9)7-18-3/h4-6H,7H2,1-3H3,(H,13,17). The van der Waals surface area contributed by atoms with Gasteiger partial charge in [-0.2, -0.15) is 10.2 Å². The molecule has 2 aromatic rings. The third-order valence-corrected chi connectivity index (χ3v) is 2.41. The number of nitrogens with zero attached hydrogens (tertiary/aromatic N) is 4. The highest BCUT2D eigenvalue weighted by Crippen LogP contribution is 2.10. The summed E-state index contributed by atoms with van der Waals surface area (Å²) in [5.74, 6) is -0.197. The summed E-state index contributed by atoms with van der Waals surface area (Å²) in [6.07, 6.45) is 4.96. The predicted octanol–water partition coefficient (Wildman–Crippen LogP) is 0.781. The zero-order valence-corrected chi connectivity index (χ0v) is 10.5. The second-order valence-corrected chi connectivity index (χ2v) is 3.94. The monoisotopic (exact) mass is 249 g/mol. The van der Waals surface area contributed by atoms with Gasteiger partial charge < -0.3 is 10.1 Å². The number of amides is 1. The maximum absolute atomic E-state index is 12.0. The summed E-state index contributed by atoms with van der Waals surface area (Å²) in [5, 5.41) is 10.9. The van der Waals surface area contributed by atoms with Crippen LogP contribution in [0, 0.1) is 6.92 Å².